The van der Waals surface area contributed by atoms with Crippen molar-refractivity contribution < 1.29 is 9.47 Å². The van der Waals surface area contributed by atoms with E-state index in [2.05, 4.69) is 38.3 Å². The molecule has 0 radical (unpaired) electrons. The molecule has 0 aliphatic carbocycles. The van der Waals surface area contributed by atoms with E-state index in [1.807, 2.05) is 30.3 Å². The van der Waals surface area contributed by atoms with E-state index in [0.717, 1.165) is 15.8 Å². The van der Waals surface area contributed by atoms with Crippen LogP contribution in [0.3, 0.4) is 0 Å². The third-order valence-electron chi connectivity index (χ3n) is 3.59. The molecule has 2 N–H and O–H groups in total. The van der Waals surface area contributed by atoms with Gasteiger partial charge in [-0.1, -0.05) is 39.8 Å². The van der Waals surface area contributed by atoms with Gasteiger partial charge in [0.15, 0.2) is 17.3 Å². The summed E-state index contributed by atoms with van der Waals surface area (Å²) in [7, 11) is 3.19. The monoisotopic (exact) mass is 420 g/mol. The van der Waals surface area contributed by atoms with Gasteiger partial charge in [0, 0.05) is 15.8 Å². The fourth-order valence-corrected chi connectivity index (χ4v) is 3.35. The first-order valence-electron chi connectivity index (χ1n) is 7.42. The standard InChI is InChI=1S/C17H17BrN4O2S/c1-23-14-8-5-12(9-15(14)24-2)16-20-21-17(22(16)19)25-10-11-3-6-13(18)7-4-11/h3-9H,10,19H2,1-2H3. The lowest BCUT2D eigenvalue weighted by atomic mass is 10.2. The third kappa shape index (κ3) is 3.91. The van der Waals surface area contributed by atoms with Gasteiger partial charge < -0.3 is 15.3 Å². The summed E-state index contributed by atoms with van der Waals surface area (Å²) in [4.78, 5) is 0. The van der Waals surface area contributed by atoms with Crippen molar-refractivity contribution in [2.75, 3.05) is 20.1 Å². The molecule has 8 heteroatoms. The molecule has 1 aromatic heterocycles. The van der Waals surface area contributed by atoms with E-state index >= 15 is 0 Å². The van der Waals surface area contributed by atoms with Crippen molar-refractivity contribution in [3.05, 3.63) is 52.5 Å². The van der Waals surface area contributed by atoms with Crippen LogP contribution in [0.15, 0.2) is 52.1 Å². The Morgan fingerprint density at radius 2 is 1.76 bits per heavy atom. The van der Waals surface area contributed by atoms with Gasteiger partial charge in [0.2, 0.25) is 5.16 Å². The zero-order chi connectivity index (χ0) is 17.8. The van der Waals surface area contributed by atoms with Crippen LogP contribution in [0.4, 0.5) is 0 Å². The topological polar surface area (TPSA) is 75.2 Å². The second-order valence-corrected chi connectivity index (χ2v) is 7.02. The zero-order valence-electron chi connectivity index (χ0n) is 13.8. The highest BCUT2D eigenvalue weighted by molar-refractivity contribution is 9.10. The van der Waals surface area contributed by atoms with Crippen LogP contribution in [0.2, 0.25) is 0 Å². The molecule has 0 bridgehead atoms. The first-order valence-corrected chi connectivity index (χ1v) is 9.20. The van der Waals surface area contributed by atoms with Gasteiger partial charge in [0.25, 0.3) is 0 Å². The number of nitrogens with zero attached hydrogens (tertiary/aromatic N) is 3. The summed E-state index contributed by atoms with van der Waals surface area (Å²) in [5.74, 6) is 8.77. The van der Waals surface area contributed by atoms with Gasteiger partial charge in [-0.25, -0.2) is 4.68 Å². The second-order valence-electron chi connectivity index (χ2n) is 5.16. The number of rotatable bonds is 6. The smallest absolute Gasteiger partial charge is 0.210 e. The van der Waals surface area contributed by atoms with Crippen molar-refractivity contribution in [2.24, 2.45) is 0 Å². The summed E-state index contributed by atoms with van der Waals surface area (Å²) < 4.78 is 13.1. The highest BCUT2D eigenvalue weighted by Crippen LogP contribution is 2.32. The molecule has 2 aromatic carbocycles. The quantitative estimate of drug-likeness (QED) is 0.483. The molecule has 3 rings (SSSR count). The molecule has 0 fully saturated rings. The summed E-state index contributed by atoms with van der Waals surface area (Å²) in [6.07, 6.45) is 0. The predicted molar refractivity (Wildman–Crippen MR) is 102 cm³/mol. The summed E-state index contributed by atoms with van der Waals surface area (Å²) in [5.41, 5.74) is 1.99. The molecule has 0 aliphatic rings. The van der Waals surface area contributed by atoms with E-state index in [4.69, 9.17) is 15.3 Å². The average Bonchev–Trinajstić information content (AvgIpc) is 3.01. The Morgan fingerprint density at radius 3 is 2.44 bits per heavy atom. The lowest BCUT2D eigenvalue weighted by Gasteiger charge is -2.09. The maximum Gasteiger partial charge on any atom is 0.210 e. The van der Waals surface area contributed by atoms with Gasteiger partial charge in [-0.15, -0.1) is 10.2 Å². The van der Waals surface area contributed by atoms with Crippen LogP contribution < -0.4 is 15.3 Å². The number of ether oxygens (including phenoxy) is 2. The molecule has 0 unspecified atom stereocenters. The molecule has 1 heterocycles. The highest BCUT2D eigenvalue weighted by atomic mass is 79.9. The molecule has 3 aromatic rings. The molecule has 0 aliphatic heterocycles. The normalized spacial score (nSPS) is 10.7. The Kier molecular flexibility index (Phi) is 5.50. The van der Waals surface area contributed by atoms with Crippen LogP contribution in [0, 0.1) is 0 Å². The van der Waals surface area contributed by atoms with Crippen LogP contribution in [-0.2, 0) is 5.75 Å². The number of nitrogens with two attached hydrogens (primary N) is 1. The van der Waals surface area contributed by atoms with Crippen molar-refractivity contribution in [3.63, 3.8) is 0 Å². The van der Waals surface area contributed by atoms with E-state index in [9.17, 15) is 0 Å². The number of hydrogen-bond acceptors (Lipinski definition) is 6. The lowest BCUT2D eigenvalue weighted by molar-refractivity contribution is 0.355. The summed E-state index contributed by atoms with van der Waals surface area (Å²) >= 11 is 4.96. The van der Waals surface area contributed by atoms with Crippen LogP contribution in [0.25, 0.3) is 11.4 Å². The number of hydrogen-bond donors (Lipinski definition) is 1. The highest BCUT2D eigenvalue weighted by Gasteiger charge is 2.14. The summed E-state index contributed by atoms with van der Waals surface area (Å²) in [5, 5.41) is 9.04. The molecular formula is C17H17BrN4O2S. The van der Waals surface area contributed by atoms with Gasteiger partial charge in [0.05, 0.1) is 14.2 Å². The van der Waals surface area contributed by atoms with E-state index in [1.54, 1.807) is 14.2 Å². The number of halogens is 1. The Hall–Kier alpha value is -2.19. The van der Waals surface area contributed by atoms with Crippen LogP contribution in [-0.4, -0.2) is 29.1 Å². The number of benzene rings is 2. The number of nitrogen functional groups attached to an aromatic ring is 1. The summed E-state index contributed by atoms with van der Waals surface area (Å²) in [6, 6.07) is 13.7. The molecular weight excluding hydrogens is 404 g/mol. The minimum atomic E-state index is 0.569. The zero-order valence-corrected chi connectivity index (χ0v) is 16.2. The lowest BCUT2D eigenvalue weighted by Crippen LogP contribution is -2.11. The Balaban J connectivity index is 1.80. The minimum absolute atomic E-state index is 0.569. The van der Waals surface area contributed by atoms with E-state index < -0.39 is 0 Å². The van der Waals surface area contributed by atoms with E-state index in [-0.39, 0.29) is 0 Å². The van der Waals surface area contributed by atoms with Crippen molar-refractivity contribution in [3.8, 4) is 22.9 Å². The molecule has 0 saturated carbocycles. The van der Waals surface area contributed by atoms with Crippen molar-refractivity contribution in [1.29, 1.82) is 0 Å². The van der Waals surface area contributed by atoms with Crippen LogP contribution in [0.1, 0.15) is 5.56 Å². The van der Waals surface area contributed by atoms with E-state index in [0.29, 0.717) is 22.5 Å². The maximum absolute atomic E-state index is 6.18. The Labute approximate surface area is 158 Å². The molecule has 130 valence electrons. The molecule has 25 heavy (non-hydrogen) atoms. The van der Waals surface area contributed by atoms with Crippen molar-refractivity contribution in [2.45, 2.75) is 10.9 Å². The first kappa shape index (κ1) is 17.6. The van der Waals surface area contributed by atoms with Gasteiger partial charge in [0.1, 0.15) is 0 Å². The minimum Gasteiger partial charge on any atom is -0.493 e. The molecule has 6 nitrogen and oxygen atoms in total. The largest absolute Gasteiger partial charge is 0.493 e. The Morgan fingerprint density at radius 1 is 1.04 bits per heavy atom. The SMILES string of the molecule is COc1ccc(-c2nnc(SCc3ccc(Br)cc3)n2N)cc1OC. The molecule has 0 atom stereocenters. The third-order valence-corrected chi connectivity index (χ3v) is 5.13. The van der Waals surface area contributed by atoms with Crippen molar-refractivity contribution >= 4 is 27.7 Å². The molecule has 0 saturated heterocycles. The van der Waals surface area contributed by atoms with Crippen LogP contribution >= 0.6 is 27.7 Å². The van der Waals surface area contributed by atoms with Crippen LogP contribution in [0.5, 0.6) is 11.5 Å². The maximum atomic E-state index is 6.18. The number of aromatic nitrogens is 3. The summed E-state index contributed by atoms with van der Waals surface area (Å²) in [6.45, 7) is 0. The van der Waals surface area contributed by atoms with Gasteiger partial charge in [-0.3, -0.25) is 0 Å². The van der Waals surface area contributed by atoms with E-state index in [1.165, 1.54) is 22.0 Å². The van der Waals surface area contributed by atoms with Gasteiger partial charge >= 0.3 is 0 Å². The first-order chi connectivity index (χ1) is 12.1. The number of methoxy groups -OCH3 is 2. The fraction of sp³-hybridized carbons (Fsp3) is 0.176. The van der Waals surface area contributed by atoms with Crippen molar-refractivity contribution in [1.82, 2.24) is 14.9 Å². The van der Waals surface area contributed by atoms with Gasteiger partial charge in [-0.2, -0.15) is 0 Å². The number of thioether (sulfide) groups is 1. The predicted octanol–water partition coefficient (Wildman–Crippen LogP) is 3.73. The average molecular weight is 421 g/mol. The fourth-order valence-electron chi connectivity index (χ4n) is 2.28. The second kappa shape index (κ2) is 7.79. The Bertz CT molecular complexity index is 868. The molecule has 0 amide bonds. The van der Waals surface area contributed by atoms with Gasteiger partial charge in [-0.05, 0) is 35.9 Å². The molecule has 0 spiro atoms.